The van der Waals surface area contributed by atoms with Gasteiger partial charge in [0.1, 0.15) is 11.6 Å². The lowest BCUT2D eigenvalue weighted by Crippen LogP contribution is -2.43. The lowest BCUT2D eigenvalue weighted by atomic mass is 10.0. The van der Waals surface area contributed by atoms with Crippen LogP contribution in [0.2, 0.25) is 0 Å². The van der Waals surface area contributed by atoms with Gasteiger partial charge in [-0.1, -0.05) is 13.3 Å². The van der Waals surface area contributed by atoms with Crippen molar-refractivity contribution in [1.82, 2.24) is 25.0 Å². The fraction of sp³-hybridized carbons (Fsp3) is 0.846. The summed E-state index contributed by atoms with van der Waals surface area (Å²) in [6, 6.07) is 0.646. The second kappa shape index (κ2) is 6.29. The van der Waals surface area contributed by atoms with Crippen molar-refractivity contribution in [2.45, 2.75) is 45.7 Å². The summed E-state index contributed by atoms with van der Waals surface area (Å²) in [5, 5.41) is 12.0. The van der Waals surface area contributed by atoms with Crippen LogP contribution >= 0.6 is 0 Å². The Bertz CT molecular complexity index is 367. The van der Waals surface area contributed by atoms with E-state index in [9.17, 15) is 0 Å². The Labute approximate surface area is 110 Å². The van der Waals surface area contributed by atoms with Crippen molar-refractivity contribution < 1.29 is 0 Å². The second-order valence-electron chi connectivity index (χ2n) is 5.20. The van der Waals surface area contributed by atoms with E-state index in [4.69, 9.17) is 0 Å². The van der Waals surface area contributed by atoms with Crippen LogP contribution in [-0.4, -0.2) is 45.3 Å². The molecule has 5 nitrogen and oxygen atoms in total. The number of aryl methyl sites for hydroxylation is 1. The first-order valence-corrected chi connectivity index (χ1v) is 7.01. The van der Waals surface area contributed by atoms with E-state index in [2.05, 4.69) is 31.9 Å². The molecule has 1 atom stereocenters. The standard InChI is InChI=1S/C13H25N5/c1-4-18(9-12-7-5-6-8-14-12)10-13-16-15-11(2)17(13)3/h12,14H,4-10H2,1-3H3. The fourth-order valence-electron chi connectivity index (χ4n) is 2.49. The highest BCUT2D eigenvalue weighted by Crippen LogP contribution is 2.10. The Morgan fingerprint density at radius 2 is 2.22 bits per heavy atom. The molecule has 102 valence electrons. The third-order valence-corrected chi connectivity index (χ3v) is 3.89. The molecule has 1 saturated heterocycles. The molecule has 1 unspecified atom stereocenters. The predicted molar refractivity (Wildman–Crippen MR) is 72.3 cm³/mol. The van der Waals surface area contributed by atoms with Gasteiger partial charge < -0.3 is 9.88 Å². The van der Waals surface area contributed by atoms with Gasteiger partial charge in [-0.25, -0.2) is 0 Å². The van der Waals surface area contributed by atoms with Crippen molar-refractivity contribution in [1.29, 1.82) is 0 Å². The zero-order valence-corrected chi connectivity index (χ0v) is 11.8. The molecule has 0 bridgehead atoms. The molecule has 2 rings (SSSR count). The highest BCUT2D eigenvalue weighted by Gasteiger charge is 2.17. The van der Waals surface area contributed by atoms with Crippen LogP contribution in [0.25, 0.3) is 0 Å². The van der Waals surface area contributed by atoms with Crippen molar-refractivity contribution >= 4 is 0 Å². The summed E-state index contributed by atoms with van der Waals surface area (Å²) in [4.78, 5) is 2.45. The third-order valence-electron chi connectivity index (χ3n) is 3.89. The van der Waals surface area contributed by atoms with E-state index in [-0.39, 0.29) is 0 Å². The van der Waals surface area contributed by atoms with Gasteiger partial charge in [0, 0.05) is 19.6 Å². The number of aromatic nitrogens is 3. The lowest BCUT2D eigenvalue weighted by molar-refractivity contribution is 0.220. The number of rotatable bonds is 5. The Kier molecular flexibility index (Phi) is 4.72. The molecule has 0 aliphatic carbocycles. The molecule has 1 aromatic heterocycles. The van der Waals surface area contributed by atoms with Crippen LogP contribution in [0.5, 0.6) is 0 Å². The van der Waals surface area contributed by atoms with Crippen LogP contribution in [0.3, 0.4) is 0 Å². The van der Waals surface area contributed by atoms with Gasteiger partial charge in [0.2, 0.25) is 0 Å². The van der Waals surface area contributed by atoms with Crippen LogP contribution < -0.4 is 5.32 Å². The number of nitrogens with zero attached hydrogens (tertiary/aromatic N) is 4. The van der Waals surface area contributed by atoms with Crippen molar-refractivity contribution in [2.75, 3.05) is 19.6 Å². The van der Waals surface area contributed by atoms with Gasteiger partial charge in [-0.05, 0) is 32.9 Å². The molecule has 1 N–H and O–H groups in total. The fourth-order valence-corrected chi connectivity index (χ4v) is 2.49. The van der Waals surface area contributed by atoms with Gasteiger partial charge in [-0.3, -0.25) is 4.90 Å². The molecule has 0 radical (unpaired) electrons. The molecule has 1 fully saturated rings. The topological polar surface area (TPSA) is 46.0 Å². The highest BCUT2D eigenvalue weighted by atomic mass is 15.3. The van der Waals surface area contributed by atoms with E-state index >= 15 is 0 Å². The first-order valence-electron chi connectivity index (χ1n) is 7.01. The zero-order valence-electron chi connectivity index (χ0n) is 11.8. The molecule has 18 heavy (non-hydrogen) atoms. The second-order valence-corrected chi connectivity index (χ2v) is 5.20. The van der Waals surface area contributed by atoms with Crippen LogP contribution in [0.15, 0.2) is 0 Å². The van der Waals surface area contributed by atoms with Crippen LogP contribution in [0.1, 0.15) is 37.8 Å². The van der Waals surface area contributed by atoms with E-state index in [1.54, 1.807) is 0 Å². The largest absolute Gasteiger partial charge is 0.317 e. The maximum absolute atomic E-state index is 4.25. The zero-order chi connectivity index (χ0) is 13.0. The molecular weight excluding hydrogens is 226 g/mol. The SMILES string of the molecule is CCN(Cc1nnc(C)n1C)CC1CCCCN1. The van der Waals surface area contributed by atoms with E-state index < -0.39 is 0 Å². The van der Waals surface area contributed by atoms with Crippen molar-refractivity contribution in [3.63, 3.8) is 0 Å². The monoisotopic (exact) mass is 251 g/mol. The normalized spacial score (nSPS) is 20.6. The summed E-state index contributed by atoms with van der Waals surface area (Å²) in [5.41, 5.74) is 0. The van der Waals surface area contributed by atoms with E-state index in [0.717, 1.165) is 31.3 Å². The van der Waals surface area contributed by atoms with Crippen LogP contribution in [0, 0.1) is 6.92 Å². The minimum atomic E-state index is 0.646. The maximum Gasteiger partial charge on any atom is 0.146 e. The maximum atomic E-state index is 4.25. The summed E-state index contributed by atoms with van der Waals surface area (Å²) >= 11 is 0. The van der Waals surface area contributed by atoms with Gasteiger partial charge in [0.05, 0.1) is 6.54 Å². The van der Waals surface area contributed by atoms with E-state index in [1.807, 2.05) is 14.0 Å². The Balaban J connectivity index is 1.90. The Hall–Kier alpha value is -0.940. The smallest absolute Gasteiger partial charge is 0.146 e. The predicted octanol–water partition coefficient (Wildman–Crippen LogP) is 1.09. The molecule has 1 aromatic rings. The number of piperidine rings is 1. The van der Waals surface area contributed by atoms with Crippen molar-refractivity contribution in [2.24, 2.45) is 7.05 Å². The van der Waals surface area contributed by atoms with Crippen LogP contribution in [0.4, 0.5) is 0 Å². The molecule has 0 amide bonds. The molecule has 0 spiro atoms. The van der Waals surface area contributed by atoms with Gasteiger partial charge >= 0.3 is 0 Å². The molecule has 1 aliphatic heterocycles. The third kappa shape index (κ3) is 3.29. The van der Waals surface area contributed by atoms with Crippen molar-refractivity contribution in [3.05, 3.63) is 11.6 Å². The summed E-state index contributed by atoms with van der Waals surface area (Å²) in [5.74, 6) is 2.04. The number of nitrogens with one attached hydrogen (secondary N) is 1. The molecule has 5 heteroatoms. The summed E-state index contributed by atoms with van der Waals surface area (Å²) in [6.45, 7) is 8.45. The Morgan fingerprint density at radius 3 is 2.78 bits per heavy atom. The molecule has 0 saturated carbocycles. The first kappa shape index (κ1) is 13.5. The molecule has 1 aliphatic rings. The van der Waals surface area contributed by atoms with Gasteiger partial charge in [0.15, 0.2) is 0 Å². The lowest BCUT2D eigenvalue weighted by Gasteiger charge is -2.29. The minimum absolute atomic E-state index is 0.646. The average molecular weight is 251 g/mol. The van der Waals surface area contributed by atoms with Gasteiger partial charge in [0.25, 0.3) is 0 Å². The molecule has 2 heterocycles. The van der Waals surface area contributed by atoms with Crippen molar-refractivity contribution in [3.8, 4) is 0 Å². The molecule has 0 aromatic carbocycles. The van der Waals surface area contributed by atoms with Gasteiger partial charge in [-0.15, -0.1) is 10.2 Å². The average Bonchev–Trinajstić information content (AvgIpc) is 2.71. The summed E-state index contributed by atoms with van der Waals surface area (Å²) in [6.07, 6.45) is 3.98. The first-order chi connectivity index (χ1) is 8.70. The number of hydrogen-bond donors (Lipinski definition) is 1. The summed E-state index contributed by atoms with van der Waals surface area (Å²) < 4.78 is 2.08. The van der Waals surface area contributed by atoms with E-state index in [1.165, 1.54) is 25.8 Å². The Morgan fingerprint density at radius 1 is 1.39 bits per heavy atom. The quantitative estimate of drug-likeness (QED) is 0.851. The molecular formula is C13H25N5. The van der Waals surface area contributed by atoms with E-state index in [0.29, 0.717) is 6.04 Å². The highest BCUT2D eigenvalue weighted by molar-refractivity contribution is 4.92. The van der Waals surface area contributed by atoms with Gasteiger partial charge in [-0.2, -0.15) is 0 Å². The number of hydrogen-bond acceptors (Lipinski definition) is 4. The minimum Gasteiger partial charge on any atom is -0.317 e. The number of likely N-dealkylation sites (N-methyl/N-ethyl adjacent to an activating group) is 1. The van der Waals surface area contributed by atoms with Crippen LogP contribution in [-0.2, 0) is 13.6 Å². The summed E-state index contributed by atoms with van der Waals surface area (Å²) in [7, 11) is 2.04.